The zero-order valence-corrected chi connectivity index (χ0v) is 23.6. The van der Waals surface area contributed by atoms with E-state index in [9.17, 15) is 18.0 Å². The number of hydrogen-bond donors (Lipinski definition) is 1. The van der Waals surface area contributed by atoms with E-state index in [2.05, 4.69) is 5.32 Å². The zero-order valence-electron chi connectivity index (χ0n) is 22.0. The number of hydrogen-bond acceptors (Lipinski definition) is 9. The highest BCUT2D eigenvalue weighted by Gasteiger charge is 2.60. The van der Waals surface area contributed by atoms with E-state index in [1.807, 2.05) is 0 Å². The first-order chi connectivity index (χ1) is 18.6. The molecular weight excluding hydrogens is 548 g/mol. The van der Waals surface area contributed by atoms with Gasteiger partial charge in [0.15, 0.2) is 5.75 Å². The van der Waals surface area contributed by atoms with Crippen LogP contribution in [0.4, 0.5) is 11.4 Å². The fourth-order valence-electron chi connectivity index (χ4n) is 5.42. The number of anilines is 2. The molecule has 1 fully saturated rings. The van der Waals surface area contributed by atoms with Crippen molar-refractivity contribution in [3.63, 3.8) is 0 Å². The average Bonchev–Trinajstić information content (AvgIpc) is 3.22. The molecule has 2 unspecified atom stereocenters. The van der Waals surface area contributed by atoms with Crippen molar-refractivity contribution < 1.29 is 37.0 Å². The molecule has 0 radical (unpaired) electrons. The van der Waals surface area contributed by atoms with Gasteiger partial charge in [-0.2, -0.15) is 0 Å². The first-order valence-corrected chi connectivity index (χ1v) is 14.4. The van der Waals surface area contributed by atoms with E-state index < -0.39 is 33.1 Å². The molecule has 0 aromatic heterocycles. The lowest BCUT2D eigenvalue weighted by Crippen LogP contribution is -2.55. The van der Waals surface area contributed by atoms with Crippen molar-refractivity contribution in [1.29, 1.82) is 0 Å². The maximum absolute atomic E-state index is 13.7. The standard InChI is InChI=1S/C27H29ClN2O8S/c1-15-11-17(29-16-7-8-19(35-2)18(12-16)30-9-5-6-10-39(30,33)34)13-22(31)27(15)26(32)23-20(36-3)14-21(37-4)24(28)25(23)38-27/h7-8,12-15,29H,5-6,9-11H2,1-4H3. The zero-order chi connectivity index (χ0) is 28.1. The summed E-state index contributed by atoms with van der Waals surface area (Å²) in [5.74, 6) is -0.588. The molecule has 1 N–H and O–H groups in total. The molecule has 12 heteroatoms. The molecule has 0 bridgehead atoms. The third-order valence-corrected chi connectivity index (χ3v) is 9.63. The highest BCUT2D eigenvalue weighted by molar-refractivity contribution is 7.92. The minimum Gasteiger partial charge on any atom is -0.496 e. The lowest BCUT2D eigenvalue weighted by Gasteiger charge is -2.35. The molecule has 1 spiro atoms. The van der Waals surface area contributed by atoms with Gasteiger partial charge in [0.05, 0.1) is 32.8 Å². The van der Waals surface area contributed by atoms with E-state index in [1.165, 1.54) is 37.8 Å². The van der Waals surface area contributed by atoms with Gasteiger partial charge in [-0.05, 0) is 37.5 Å². The maximum Gasteiger partial charge on any atom is 0.236 e. The van der Waals surface area contributed by atoms with Crippen molar-refractivity contribution in [2.45, 2.75) is 31.8 Å². The number of sulfonamides is 1. The second kappa shape index (κ2) is 9.95. The van der Waals surface area contributed by atoms with E-state index in [1.54, 1.807) is 25.1 Å². The van der Waals surface area contributed by atoms with Gasteiger partial charge < -0.3 is 24.3 Å². The third kappa shape index (κ3) is 4.28. The fraction of sp³-hybridized carbons (Fsp3) is 0.407. The molecule has 2 aromatic rings. The topological polar surface area (TPSA) is 120 Å². The number of nitrogens with zero attached hydrogens (tertiary/aromatic N) is 1. The average molecular weight is 577 g/mol. The molecule has 5 rings (SSSR count). The Labute approximate surface area is 231 Å². The molecule has 208 valence electrons. The van der Waals surface area contributed by atoms with Gasteiger partial charge in [0.1, 0.15) is 27.8 Å². The number of Topliss-reactive ketones (excluding diaryl/α,β-unsaturated/α-hetero) is 1. The van der Waals surface area contributed by atoms with Gasteiger partial charge in [-0.3, -0.25) is 13.9 Å². The van der Waals surface area contributed by atoms with E-state index in [-0.39, 0.29) is 33.6 Å². The number of allylic oxidation sites excluding steroid dienone is 1. The van der Waals surface area contributed by atoms with Gasteiger partial charge in [0, 0.05) is 36.0 Å². The number of rotatable bonds is 6. The minimum absolute atomic E-state index is 0.0606. The molecule has 2 aromatic carbocycles. The van der Waals surface area contributed by atoms with E-state index in [4.69, 9.17) is 30.5 Å². The summed E-state index contributed by atoms with van der Waals surface area (Å²) >= 11 is 6.45. The first kappa shape index (κ1) is 27.1. The van der Waals surface area contributed by atoms with E-state index in [0.717, 1.165) is 6.42 Å². The summed E-state index contributed by atoms with van der Waals surface area (Å²) in [6.45, 7) is 2.12. The highest BCUT2D eigenvalue weighted by atomic mass is 35.5. The Morgan fingerprint density at radius 1 is 1.05 bits per heavy atom. The fourth-order valence-corrected chi connectivity index (χ4v) is 7.33. The van der Waals surface area contributed by atoms with Gasteiger partial charge in [0.2, 0.25) is 27.2 Å². The van der Waals surface area contributed by atoms with Gasteiger partial charge in [0.25, 0.3) is 0 Å². The van der Waals surface area contributed by atoms with Crippen LogP contribution in [-0.4, -0.2) is 59.2 Å². The summed E-state index contributed by atoms with van der Waals surface area (Å²) in [6, 6.07) is 6.60. The predicted octanol–water partition coefficient (Wildman–Crippen LogP) is 4.21. The summed E-state index contributed by atoms with van der Waals surface area (Å²) in [5, 5.41) is 3.31. The Kier molecular flexibility index (Phi) is 6.92. The number of carbonyl (C=O) groups is 2. The van der Waals surface area contributed by atoms with Gasteiger partial charge >= 0.3 is 0 Å². The monoisotopic (exact) mass is 576 g/mol. The number of methoxy groups -OCH3 is 3. The van der Waals surface area contributed by atoms with Crippen LogP contribution in [0.5, 0.6) is 23.0 Å². The van der Waals surface area contributed by atoms with Gasteiger partial charge in [-0.15, -0.1) is 0 Å². The maximum atomic E-state index is 13.7. The smallest absolute Gasteiger partial charge is 0.236 e. The van der Waals surface area contributed by atoms with Crippen molar-refractivity contribution in [2.24, 2.45) is 5.92 Å². The largest absolute Gasteiger partial charge is 0.496 e. The number of carbonyl (C=O) groups excluding carboxylic acids is 2. The Balaban J connectivity index is 1.47. The van der Waals surface area contributed by atoms with Crippen LogP contribution in [0.2, 0.25) is 5.02 Å². The molecule has 1 saturated heterocycles. The quantitative estimate of drug-likeness (QED) is 0.504. The second-order valence-electron chi connectivity index (χ2n) is 9.71. The molecule has 0 saturated carbocycles. The number of ketones is 2. The van der Waals surface area contributed by atoms with E-state index in [0.29, 0.717) is 42.2 Å². The van der Waals surface area contributed by atoms with Crippen LogP contribution in [0.3, 0.4) is 0 Å². The molecule has 10 nitrogen and oxygen atoms in total. The van der Waals surface area contributed by atoms with Crippen LogP contribution >= 0.6 is 11.6 Å². The molecule has 2 atom stereocenters. The van der Waals surface area contributed by atoms with Crippen molar-refractivity contribution in [1.82, 2.24) is 0 Å². The SMILES string of the molecule is COc1ccc(NC2=CC(=O)C3(Oc4c(Cl)c(OC)cc(OC)c4C3=O)C(C)C2)cc1N1CCCCS1(=O)=O. The predicted molar refractivity (Wildman–Crippen MR) is 146 cm³/mol. The van der Waals surface area contributed by atoms with Gasteiger partial charge in [-0.1, -0.05) is 18.5 Å². The summed E-state index contributed by atoms with van der Waals surface area (Å²) in [5.41, 5.74) is -0.126. The number of ether oxygens (including phenoxy) is 4. The molecule has 2 aliphatic heterocycles. The summed E-state index contributed by atoms with van der Waals surface area (Å²) in [7, 11) is 0.861. The number of nitrogens with one attached hydrogen (secondary N) is 1. The van der Waals surface area contributed by atoms with Crippen LogP contribution in [-0.2, 0) is 14.8 Å². The third-order valence-electron chi connectivity index (χ3n) is 7.41. The Bertz CT molecular complexity index is 1510. The summed E-state index contributed by atoms with van der Waals surface area (Å²) in [6.07, 6.45) is 3.01. The second-order valence-corrected chi connectivity index (χ2v) is 12.1. The lowest BCUT2D eigenvalue weighted by atomic mass is 9.74. The normalized spacial score (nSPS) is 23.7. The van der Waals surface area contributed by atoms with Crippen molar-refractivity contribution in [2.75, 3.05) is 43.2 Å². The van der Waals surface area contributed by atoms with Crippen LogP contribution < -0.4 is 28.6 Å². The minimum atomic E-state index is -3.47. The number of halogens is 1. The number of benzene rings is 2. The van der Waals surface area contributed by atoms with Crippen LogP contribution in [0.15, 0.2) is 36.0 Å². The molecule has 3 aliphatic rings. The molecular formula is C27H29ClN2O8S. The van der Waals surface area contributed by atoms with Crippen LogP contribution in [0, 0.1) is 5.92 Å². The summed E-state index contributed by atoms with van der Waals surface area (Å²) < 4.78 is 49.0. The number of fused-ring (bicyclic) bond motifs is 1. The van der Waals surface area contributed by atoms with Crippen LogP contribution in [0.1, 0.15) is 36.5 Å². The first-order valence-electron chi connectivity index (χ1n) is 12.5. The molecule has 1 aliphatic carbocycles. The van der Waals surface area contributed by atoms with Gasteiger partial charge in [-0.25, -0.2) is 8.42 Å². The molecule has 2 heterocycles. The summed E-state index contributed by atoms with van der Waals surface area (Å²) in [4.78, 5) is 27.3. The Hall–Kier alpha value is -3.44. The highest BCUT2D eigenvalue weighted by Crippen LogP contribution is 2.53. The lowest BCUT2D eigenvalue weighted by molar-refractivity contribution is -0.129. The Morgan fingerprint density at radius 2 is 1.77 bits per heavy atom. The van der Waals surface area contributed by atoms with Crippen molar-refractivity contribution in [3.05, 3.63) is 46.6 Å². The Morgan fingerprint density at radius 3 is 2.41 bits per heavy atom. The molecule has 0 amide bonds. The van der Waals surface area contributed by atoms with Crippen molar-refractivity contribution in [3.8, 4) is 23.0 Å². The van der Waals surface area contributed by atoms with E-state index >= 15 is 0 Å². The van der Waals surface area contributed by atoms with Crippen LogP contribution in [0.25, 0.3) is 0 Å². The molecule has 39 heavy (non-hydrogen) atoms. The van der Waals surface area contributed by atoms with Crippen molar-refractivity contribution >= 4 is 44.6 Å².